The van der Waals surface area contributed by atoms with Crippen LogP contribution in [-0.4, -0.2) is 92.2 Å². The Kier molecular flexibility index (Phi) is 12.0. The van der Waals surface area contributed by atoms with Crippen LogP contribution in [0, 0.1) is 0 Å². The number of fused-ring (bicyclic) bond motifs is 1. The summed E-state index contributed by atoms with van der Waals surface area (Å²) in [6.07, 6.45) is 4.67. The summed E-state index contributed by atoms with van der Waals surface area (Å²) in [6, 6.07) is 15.5. The van der Waals surface area contributed by atoms with Gasteiger partial charge in [0.15, 0.2) is 0 Å². The molecule has 2 aromatic carbocycles. The van der Waals surface area contributed by atoms with Crippen LogP contribution in [0.5, 0.6) is 5.75 Å². The van der Waals surface area contributed by atoms with E-state index in [-0.39, 0.29) is 24.2 Å². The van der Waals surface area contributed by atoms with Crippen molar-refractivity contribution in [3.8, 4) is 5.75 Å². The molecule has 1 fully saturated rings. The van der Waals surface area contributed by atoms with Crippen LogP contribution in [0.15, 0.2) is 53.4 Å². The van der Waals surface area contributed by atoms with Gasteiger partial charge in [0, 0.05) is 13.1 Å². The third kappa shape index (κ3) is 8.97. The molecule has 0 aromatic heterocycles. The average Bonchev–Trinajstić information content (AvgIpc) is 3.32. The van der Waals surface area contributed by atoms with Gasteiger partial charge >= 0.3 is 0 Å². The van der Waals surface area contributed by atoms with Gasteiger partial charge in [0.05, 0.1) is 50.6 Å². The van der Waals surface area contributed by atoms with E-state index in [4.69, 9.17) is 18.9 Å². The van der Waals surface area contributed by atoms with E-state index in [0.29, 0.717) is 44.8 Å². The Morgan fingerprint density at radius 2 is 1.46 bits per heavy atom. The molecule has 10 heteroatoms. The predicted molar refractivity (Wildman–Crippen MR) is 151 cm³/mol. The fourth-order valence-electron chi connectivity index (χ4n) is 5.14. The van der Waals surface area contributed by atoms with Crippen molar-refractivity contribution < 1.29 is 27.4 Å². The fourth-order valence-corrected chi connectivity index (χ4v) is 6.15. The number of ether oxygens (including phenoxy) is 4. The Morgan fingerprint density at radius 1 is 0.821 bits per heavy atom. The summed E-state index contributed by atoms with van der Waals surface area (Å²) in [5, 5.41) is 3.01. The Morgan fingerprint density at radius 3 is 2.15 bits per heavy atom. The van der Waals surface area contributed by atoms with Gasteiger partial charge < -0.3 is 24.3 Å². The third-order valence-corrected chi connectivity index (χ3v) is 8.65. The number of hydrogen-bond acceptors (Lipinski definition) is 8. The summed E-state index contributed by atoms with van der Waals surface area (Å²) in [5.74, 6) is 0.674. The highest BCUT2D eigenvalue weighted by Crippen LogP contribution is 2.39. The number of nitrogens with one attached hydrogen (secondary N) is 2. The fraction of sp³-hybridized carbons (Fsp3) is 0.586. The molecule has 2 N–H and O–H groups in total. The maximum Gasteiger partial charge on any atom is 0.240 e. The Bertz CT molecular complexity index is 1090. The van der Waals surface area contributed by atoms with Gasteiger partial charge in [-0.1, -0.05) is 30.7 Å². The second-order valence-electron chi connectivity index (χ2n) is 9.92. The lowest BCUT2D eigenvalue weighted by atomic mass is 10.0. The van der Waals surface area contributed by atoms with E-state index in [2.05, 4.69) is 39.2 Å². The van der Waals surface area contributed by atoms with E-state index in [1.807, 2.05) is 7.05 Å². The van der Waals surface area contributed by atoms with Crippen LogP contribution in [0.2, 0.25) is 0 Å². The molecule has 2 aromatic rings. The number of piperidine rings is 1. The van der Waals surface area contributed by atoms with Crippen molar-refractivity contribution in [1.29, 1.82) is 0 Å². The second kappa shape index (κ2) is 15.7. The van der Waals surface area contributed by atoms with Crippen molar-refractivity contribution in [3.63, 3.8) is 0 Å². The number of likely N-dealkylation sites (N-methyl/N-ethyl adjacent to an activating group) is 1. The summed E-state index contributed by atoms with van der Waals surface area (Å²) >= 11 is 0. The van der Waals surface area contributed by atoms with Gasteiger partial charge in [-0.15, -0.1) is 0 Å². The van der Waals surface area contributed by atoms with Crippen LogP contribution >= 0.6 is 0 Å². The van der Waals surface area contributed by atoms with Gasteiger partial charge in [0.2, 0.25) is 10.0 Å². The zero-order valence-electron chi connectivity index (χ0n) is 23.0. The van der Waals surface area contributed by atoms with Gasteiger partial charge in [-0.3, -0.25) is 4.90 Å². The van der Waals surface area contributed by atoms with Crippen molar-refractivity contribution in [1.82, 2.24) is 14.9 Å². The molecule has 0 unspecified atom stereocenters. The van der Waals surface area contributed by atoms with Crippen molar-refractivity contribution in [2.45, 2.75) is 42.7 Å². The molecule has 9 nitrogen and oxygen atoms in total. The van der Waals surface area contributed by atoms with Crippen LogP contribution in [0.25, 0.3) is 0 Å². The molecule has 0 spiro atoms. The third-order valence-electron chi connectivity index (χ3n) is 7.18. The van der Waals surface area contributed by atoms with Crippen LogP contribution in [-0.2, 0) is 30.7 Å². The molecule has 0 bridgehead atoms. The van der Waals surface area contributed by atoms with Crippen molar-refractivity contribution in [2.24, 2.45) is 0 Å². The van der Waals surface area contributed by atoms with E-state index < -0.39 is 10.0 Å². The lowest BCUT2D eigenvalue weighted by Crippen LogP contribution is -2.43. The Labute approximate surface area is 233 Å². The highest BCUT2D eigenvalue weighted by atomic mass is 32.2. The molecule has 2 atom stereocenters. The first-order chi connectivity index (χ1) is 19.1. The Balaban J connectivity index is 1.21. The van der Waals surface area contributed by atoms with Crippen LogP contribution < -0.4 is 14.8 Å². The molecule has 1 aliphatic carbocycles. The van der Waals surface area contributed by atoms with Crippen molar-refractivity contribution >= 4 is 10.0 Å². The molecule has 39 heavy (non-hydrogen) atoms. The smallest absolute Gasteiger partial charge is 0.240 e. The first-order valence-electron chi connectivity index (χ1n) is 14.0. The molecule has 1 saturated heterocycles. The number of hydrogen-bond donors (Lipinski definition) is 2. The molecule has 4 rings (SSSR count). The predicted octanol–water partition coefficient (Wildman–Crippen LogP) is 2.76. The SMILES string of the molecule is CNCCOCCOCCOCCNS(=O)(=O)c1ccc(O[C@H]2c3ccccc3C[C@@H]2N2CCCCC2)cc1. The van der Waals surface area contributed by atoms with E-state index in [1.54, 1.807) is 24.3 Å². The molecular weight excluding hydrogens is 518 g/mol. The van der Waals surface area contributed by atoms with Gasteiger partial charge in [0.25, 0.3) is 0 Å². The molecule has 0 saturated carbocycles. The molecule has 2 aliphatic rings. The Hall–Kier alpha value is -2.05. The minimum atomic E-state index is -3.64. The van der Waals surface area contributed by atoms with Gasteiger partial charge in [0.1, 0.15) is 11.9 Å². The van der Waals surface area contributed by atoms with E-state index >= 15 is 0 Å². The summed E-state index contributed by atoms with van der Waals surface area (Å²) in [5.41, 5.74) is 2.57. The summed E-state index contributed by atoms with van der Waals surface area (Å²) in [7, 11) is -1.76. The number of likely N-dealkylation sites (tertiary alicyclic amines) is 1. The van der Waals surface area contributed by atoms with Gasteiger partial charge in [-0.2, -0.15) is 0 Å². The molecule has 0 radical (unpaired) electrons. The first kappa shape index (κ1) is 29.9. The molecular formula is C29H43N3O6S. The highest BCUT2D eigenvalue weighted by Gasteiger charge is 2.38. The summed E-state index contributed by atoms with van der Waals surface area (Å²) in [6.45, 7) is 6.00. The lowest BCUT2D eigenvalue weighted by Gasteiger charge is -2.35. The zero-order valence-corrected chi connectivity index (χ0v) is 23.8. The number of nitrogens with zero attached hydrogens (tertiary/aromatic N) is 1. The van der Waals surface area contributed by atoms with Crippen molar-refractivity contribution in [2.75, 3.05) is 72.9 Å². The maximum atomic E-state index is 12.7. The maximum absolute atomic E-state index is 12.7. The number of sulfonamides is 1. The first-order valence-corrected chi connectivity index (χ1v) is 15.5. The number of benzene rings is 2. The van der Waals surface area contributed by atoms with Gasteiger partial charge in [-0.25, -0.2) is 13.1 Å². The van der Waals surface area contributed by atoms with E-state index in [1.165, 1.54) is 30.4 Å². The van der Waals surface area contributed by atoms with Crippen molar-refractivity contribution in [3.05, 3.63) is 59.7 Å². The standard InChI is InChI=1S/C29H43N3O6S/c1-30-13-17-35-19-21-37-22-20-36-18-14-31-39(33,34)26-11-9-25(10-12-26)38-29-27-8-4-3-7-24(27)23-28(29)32-15-5-2-6-16-32/h3-4,7-12,28-31H,2,5-6,13-23H2,1H3/t28-,29-/m0/s1. The minimum absolute atomic E-state index is 0.0631. The topological polar surface area (TPSA) is 98.4 Å². The van der Waals surface area contributed by atoms with E-state index in [0.717, 1.165) is 26.1 Å². The second-order valence-corrected chi connectivity index (χ2v) is 11.7. The summed E-state index contributed by atoms with van der Waals surface area (Å²) < 4.78 is 50.8. The summed E-state index contributed by atoms with van der Waals surface area (Å²) in [4.78, 5) is 2.77. The average molecular weight is 562 g/mol. The molecule has 1 heterocycles. The zero-order chi connectivity index (χ0) is 27.3. The quantitative estimate of drug-likeness (QED) is 0.285. The lowest BCUT2D eigenvalue weighted by molar-refractivity contribution is 0.0164. The molecule has 1 aliphatic heterocycles. The highest BCUT2D eigenvalue weighted by molar-refractivity contribution is 7.89. The van der Waals surface area contributed by atoms with Crippen LogP contribution in [0.4, 0.5) is 0 Å². The largest absolute Gasteiger partial charge is 0.484 e. The van der Waals surface area contributed by atoms with Crippen LogP contribution in [0.1, 0.15) is 36.5 Å². The minimum Gasteiger partial charge on any atom is -0.484 e. The molecule has 216 valence electrons. The van der Waals surface area contributed by atoms with Crippen LogP contribution in [0.3, 0.4) is 0 Å². The van der Waals surface area contributed by atoms with Gasteiger partial charge in [-0.05, 0) is 74.8 Å². The van der Waals surface area contributed by atoms with E-state index in [9.17, 15) is 8.42 Å². The monoisotopic (exact) mass is 561 g/mol. The number of rotatable bonds is 17. The normalized spacial score (nSPS) is 19.7. The molecule has 0 amide bonds.